The van der Waals surface area contributed by atoms with Crippen molar-refractivity contribution in [1.29, 1.82) is 0 Å². The minimum Gasteiger partial charge on any atom is -0.488 e. The van der Waals surface area contributed by atoms with Crippen LogP contribution in [0.1, 0.15) is 33.1 Å². The van der Waals surface area contributed by atoms with Crippen molar-refractivity contribution in [3.05, 3.63) is 63.2 Å². The summed E-state index contributed by atoms with van der Waals surface area (Å²) in [6, 6.07) is 7.73. The van der Waals surface area contributed by atoms with Gasteiger partial charge in [-0.05, 0) is 41.4 Å². The molecule has 7 nitrogen and oxygen atoms in total. The maximum atomic E-state index is 12.9. The third-order valence-corrected chi connectivity index (χ3v) is 5.06. The van der Waals surface area contributed by atoms with E-state index in [2.05, 4.69) is 26.2 Å². The topological polar surface area (TPSA) is 73.4 Å². The molecule has 3 rings (SSSR count). The first-order valence-electron chi connectivity index (χ1n) is 8.44. The quantitative estimate of drug-likeness (QED) is 0.594. The highest BCUT2D eigenvalue weighted by Crippen LogP contribution is 2.22. The summed E-state index contributed by atoms with van der Waals surface area (Å²) in [5.74, 6) is 1.11. The molecule has 0 aliphatic carbocycles. The van der Waals surface area contributed by atoms with Crippen LogP contribution in [-0.2, 0) is 20.2 Å². The second-order valence-corrected chi connectivity index (χ2v) is 7.20. The van der Waals surface area contributed by atoms with Gasteiger partial charge in [-0.25, -0.2) is 0 Å². The lowest BCUT2D eigenvalue weighted by Gasteiger charge is -2.17. The van der Waals surface area contributed by atoms with Crippen LogP contribution >= 0.6 is 15.9 Å². The fourth-order valence-electron chi connectivity index (χ4n) is 2.69. The molecule has 0 saturated heterocycles. The highest BCUT2D eigenvalue weighted by Gasteiger charge is 2.24. The molecule has 0 bridgehead atoms. The Morgan fingerprint density at radius 2 is 2.07 bits per heavy atom. The summed E-state index contributed by atoms with van der Waals surface area (Å²) in [7, 11) is 3.55. The van der Waals surface area contributed by atoms with E-state index in [1.54, 1.807) is 29.7 Å². The second kappa shape index (κ2) is 7.96. The lowest BCUT2D eigenvalue weighted by Crippen LogP contribution is -2.28. The first-order chi connectivity index (χ1) is 12.9. The number of nitrogens with zero attached hydrogens (tertiary/aromatic N) is 4. The van der Waals surface area contributed by atoms with Crippen LogP contribution in [0.25, 0.3) is 0 Å². The van der Waals surface area contributed by atoms with Crippen molar-refractivity contribution in [3.8, 4) is 5.75 Å². The number of carbonyl (C=O) groups excluding carboxylic acids is 1. The normalized spacial score (nSPS) is 10.9. The zero-order valence-corrected chi connectivity index (χ0v) is 17.3. The number of carbonyl (C=O) groups is 1. The number of benzene rings is 1. The Balaban J connectivity index is 1.77. The Bertz CT molecular complexity index is 944. The zero-order chi connectivity index (χ0) is 19.6. The van der Waals surface area contributed by atoms with Crippen LogP contribution in [0.2, 0.25) is 0 Å². The molecule has 0 aliphatic rings. The molecule has 8 heteroatoms. The number of rotatable bonds is 6. The maximum absolute atomic E-state index is 12.9. The Morgan fingerprint density at radius 1 is 1.33 bits per heavy atom. The molecule has 27 heavy (non-hydrogen) atoms. The summed E-state index contributed by atoms with van der Waals surface area (Å²) in [5, 5.41) is 8.14. The van der Waals surface area contributed by atoms with Crippen molar-refractivity contribution in [2.45, 2.75) is 27.0 Å². The summed E-state index contributed by atoms with van der Waals surface area (Å²) in [4.78, 5) is 14.5. The molecule has 1 amide bonds. The van der Waals surface area contributed by atoms with E-state index in [-0.39, 0.29) is 18.2 Å². The second-order valence-electron chi connectivity index (χ2n) is 6.34. The van der Waals surface area contributed by atoms with Crippen molar-refractivity contribution in [2.75, 3.05) is 7.05 Å². The van der Waals surface area contributed by atoms with E-state index in [9.17, 15) is 4.79 Å². The first kappa shape index (κ1) is 19.2. The predicted octanol–water partition coefficient (Wildman–Crippen LogP) is 3.64. The number of aryl methyl sites for hydroxylation is 3. The van der Waals surface area contributed by atoms with Crippen molar-refractivity contribution in [2.24, 2.45) is 7.05 Å². The Morgan fingerprint density at radius 3 is 2.74 bits per heavy atom. The number of hydrogen-bond donors (Lipinski definition) is 0. The van der Waals surface area contributed by atoms with Gasteiger partial charge in [0.2, 0.25) is 0 Å². The van der Waals surface area contributed by atoms with Gasteiger partial charge in [0.25, 0.3) is 5.91 Å². The van der Waals surface area contributed by atoms with Gasteiger partial charge in [-0.2, -0.15) is 5.10 Å². The standard InChI is InChI=1S/C19H21BrN4O3/c1-12-7-5-6-8-17(12)26-11-14-13(2)27-22-18(14)19(25)23(3)10-16-15(20)9-21-24(16)4/h5-9H,10-11H2,1-4H3. The van der Waals surface area contributed by atoms with Crippen LogP contribution in [-0.4, -0.2) is 32.8 Å². The first-order valence-corrected chi connectivity index (χ1v) is 9.23. The van der Waals surface area contributed by atoms with Crippen molar-refractivity contribution < 1.29 is 14.1 Å². The predicted molar refractivity (Wildman–Crippen MR) is 103 cm³/mol. The molecule has 0 atom stereocenters. The number of para-hydroxylation sites is 1. The third kappa shape index (κ3) is 4.05. The van der Waals surface area contributed by atoms with Gasteiger partial charge in [0, 0.05) is 14.1 Å². The average molecular weight is 433 g/mol. The van der Waals surface area contributed by atoms with E-state index in [1.165, 1.54) is 0 Å². The van der Waals surface area contributed by atoms with Gasteiger partial charge < -0.3 is 14.2 Å². The molecule has 1 aromatic carbocycles. The molecule has 0 saturated carbocycles. The molecular weight excluding hydrogens is 412 g/mol. The fourth-order valence-corrected chi connectivity index (χ4v) is 3.16. The SMILES string of the molecule is Cc1ccccc1OCc1c(C(=O)N(C)Cc2c(Br)cnn2C)noc1C. The Labute approximate surface area is 166 Å². The highest BCUT2D eigenvalue weighted by molar-refractivity contribution is 9.10. The third-order valence-electron chi connectivity index (χ3n) is 4.40. The number of hydrogen-bond acceptors (Lipinski definition) is 5. The van der Waals surface area contributed by atoms with Crippen LogP contribution < -0.4 is 4.74 Å². The maximum Gasteiger partial charge on any atom is 0.276 e. The van der Waals surface area contributed by atoms with Crippen molar-refractivity contribution in [3.63, 3.8) is 0 Å². The van der Waals surface area contributed by atoms with Gasteiger partial charge in [0.15, 0.2) is 5.69 Å². The van der Waals surface area contributed by atoms with Gasteiger partial charge in [-0.3, -0.25) is 9.48 Å². The largest absolute Gasteiger partial charge is 0.488 e. The van der Waals surface area contributed by atoms with E-state index in [0.717, 1.165) is 21.5 Å². The van der Waals surface area contributed by atoms with Crippen LogP contribution in [0.3, 0.4) is 0 Å². The van der Waals surface area contributed by atoms with Crippen LogP contribution in [0, 0.1) is 13.8 Å². The minimum atomic E-state index is -0.233. The zero-order valence-electron chi connectivity index (χ0n) is 15.7. The van der Waals surface area contributed by atoms with E-state index in [0.29, 0.717) is 17.9 Å². The van der Waals surface area contributed by atoms with Crippen LogP contribution in [0.15, 0.2) is 39.5 Å². The average Bonchev–Trinajstić information content (AvgIpc) is 3.17. The number of aromatic nitrogens is 3. The van der Waals surface area contributed by atoms with Gasteiger partial charge in [-0.1, -0.05) is 23.4 Å². The number of ether oxygens (including phenoxy) is 1. The van der Waals surface area contributed by atoms with E-state index in [4.69, 9.17) is 9.26 Å². The van der Waals surface area contributed by atoms with Gasteiger partial charge in [0.1, 0.15) is 18.1 Å². The van der Waals surface area contributed by atoms with E-state index in [1.807, 2.05) is 38.2 Å². The smallest absolute Gasteiger partial charge is 0.276 e. The molecule has 0 fully saturated rings. The summed E-state index contributed by atoms with van der Waals surface area (Å²) in [6.45, 7) is 4.35. The monoisotopic (exact) mass is 432 g/mol. The molecule has 3 aromatic rings. The van der Waals surface area contributed by atoms with Crippen molar-refractivity contribution >= 4 is 21.8 Å². The number of halogens is 1. The van der Waals surface area contributed by atoms with E-state index < -0.39 is 0 Å². The fraction of sp³-hybridized carbons (Fsp3) is 0.316. The lowest BCUT2D eigenvalue weighted by molar-refractivity contribution is 0.0769. The highest BCUT2D eigenvalue weighted by atomic mass is 79.9. The molecule has 142 valence electrons. The van der Waals surface area contributed by atoms with Crippen LogP contribution in [0.5, 0.6) is 5.75 Å². The Hall–Kier alpha value is -2.61. The summed E-state index contributed by atoms with van der Waals surface area (Å²) >= 11 is 3.45. The van der Waals surface area contributed by atoms with Gasteiger partial charge >= 0.3 is 0 Å². The Kier molecular flexibility index (Phi) is 5.65. The molecule has 0 aliphatic heterocycles. The summed E-state index contributed by atoms with van der Waals surface area (Å²) in [5.41, 5.74) is 2.84. The number of amides is 1. The summed E-state index contributed by atoms with van der Waals surface area (Å²) in [6.07, 6.45) is 1.70. The molecule has 2 aromatic heterocycles. The molecular formula is C19H21BrN4O3. The van der Waals surface area contributed by atoms with Gasteiger partial charge in [-0.15, -0.1) is 0 Å². The molecule has 0 radical (unpaired) electrons. The van der Waals surface area contributed by atoms with Crippen LogP contribution in [0.4, 0.5) is 0 Å². The molecule has 0 unspecified atom stereocenters. The molecule has 2 heterocycles. The summed E-state index contributed by atoms with van der Waals surface area (Å²) < 4.78 is 13.7. The molecule has 0 N–H and O–H groups in total. The minimum absolute atomic E-state index is 0.213. The molecule has 0 spiro atoms. The lowest BCUT2D eigenvalue weighted by atomic mass is 10.2. The van der Waals surface area contributed by atoms with E-state index >= 15 is 0 Å². The van der Waals surface area contributed by atoms with Crippen molar-refractivity contribution in [1.82, 2.24) is 19.8 Å². The van der Waals surface area contributed by atoms with Gasteiger partial charge in [0.05, 0.1) is 28.5 Å².